The van der Waals surface area contributed by atoms with Gasteiger partial charge in [-0.1, -0.05) is 35.9 Å². The van der Waals surface area contributed by atoms with Gasteiger partial charge in [0.15, 0.2) is 0 Å². The van der Waals surface area contributed by atoms with Crippen molar-refractivity contribution in [1.29, 1.82) is 0 Å². The maximum Gasteiger partial charge on any atom is 0.243 e. The Kier molecular flexibility index (Phi) is 4.86. The number of amides is 1. The average Bonchev–Trinajstić information content (AvgIpc) is 2.44. The Labute approximate surface area is 130 Å². The number of hydrogen-bond acceptors (Lipinski definition) is 2. The Balaban J connectivity index is 2.01. The lowest BCUT2D eigenvalue weighted by molar-refractivity contribution is -0.114. The lowest BCUT2D eigenvalue weighted by Crippen LogP contribution is -2.23. The number of para-hydroxylation sites is 1. The first-order valence-electron chi connectivity index (χ1n) is 6.83. The Bertz CT molecular complexity index is 648. The summed E-state index contributed by atoms with van der Waals surface area (Å²) in [6.07, 6.45) is 0. The van der Waals surface area contributed by atoms with Crippen LogP contribution in [0.1, 0.15) is 16.7 Å². The number of carbonyl (C=O) groups excluding carboxylic acids is 1. The summed E-state index contributed by atoms with van der Waals surface area (Å²) in [6, 6.07) is 11.5. The normalized spacial score (nSPS) is 10.3. The molecule has 110 valence electrons. The van der Waals surface area contributed by atoms with Gasteiger partial charge < -0.3 is 10.6 Å². The van der Waals surface area contributed by atoms with E-state index in [1.165, 1.54) is 0 Å². The SMILES string of the molecule is Cc1ccc(Cl)cc1NCC(=O)Nc1c(C)cccc1C. The van der Waals surface area contributed by atoms with E-state index in [1.807, 2.05) is 57.2 Å². The van der Waals surface area contributed by atoms with Crippen LogP contribution in [0.3, 0.4) is 0 Å². The zero-order valence-electron chi connectivity index (χ0n) is 12.5. The molecule has 4 heteroatoms. The molecule has 0 saturated heterocycles. The highest BCUT2D eigenvalue weighted by molar-refractivity contribution is 6.30. The van der Waals surface area contributed by atoms with Crippen molar-refractivity contribution in [3.05, 3.63) is 58.1 Å². The summed E-state index contributed by atoms with van der Waals surface area (Å²) in [5, 5.41) is 6.72. The second-order valence-corrected chi connectivity index (χ2v) is 5.56. The smallest absolute Gasteiger partial charge is 0.243 e. The summed E-state index contributed by atoms with van der Waals surface area (Å²) in [5.41, 5.74) is 4.93. The van der Waals surface area contributed by atoms with Crippen molar-refractivity contribution in [2.75, 3.05) is 17.2 Å². The molecule has 1 amide bonds. The number of anilines is 2. The number of hydrogen-bond donors (Lipinski definition) is 2. The summed E-state index contributed by atoms with van der Waals surface area (Å²) in [7, 11) is 0. The van der Waals surface area contributed by atoms with Crippen molar-refractivity contribution in [2.45, 2.75) is 20.8 Å². The van der Waals surface area contributed by atoms with E-state index in [4.69, 9.17) is 11.6 Å². The molecular weight excluding hydrogens is 284 g/mol. The van der Waals surface area contributed by atoms with Crippen molar-refractivity contribution in [1.82, 2.24) is 0 Å². The molecule has 2 rings (SSSR count). The van der Waals surface area contributed by atoms with Gasteiger partial charge in [0.05, 0.1) is 6.54 Å². The van der Waals surface area contributed by atoms with E-state index in [9.17, 15) is 4.79 Å². The van der Waals surface area contributed by atoms with E-state index < -0.39 is 0 Å². The molecule has 2 aromatic rings. The molecular formula is C17H19ClN2O. The third-order valence-electron chi connectivity index (χ3n) is 3.38. The fourth-order valence-corrected chi connectivity index (χ4v) is 2.33. The van der Waals surface area contributed by atoms with Crippen LogP contribution in [-0.4, -0.2) is 12.5 Å². The van der Waals surface area contributed by atoms with E-state index in [-0.39, 0.29) is 12.5 Å². The standard InChI is InChI=1S/C17H19ClN2O/c1-11-7-8-14(18)9-15(11)19-10-16(21)20-17-12(2)5-4-6-13(17)3/h4-9,19H,10H2,1-3H3,(H,20,21). The minimum atomic E-state index is -0.0771. The number of aryl methyl sites for hydroxylation is 3. The molecule has 2 N–H and O–H groups in total. The molecule has 21 heavy (non-hydrogen) atoms. The summed E-state index contributed by atoms with van der Waals surface area (Å²) in [4.78, 5) is 12.1. The van der Waals surface area contributed by atoms with Gasteiger partial charge in [-0.25, -0.2) is 0 Å². The Hall–Kier alpha value is -2.00. The quantitative estimate of drug-likeness (QED) is 0.883. The summed E-state index contributed by atoms with van der Waals surface area (Å²) in [5.74, 6) is -0.0771. The van der Waals surface area contributed by atoms with Crippen LogP contribution in [-0.2, 0) is 4.79 Å². The van der Waals surface area contributed by atoms with Crippen LogP contribution in [0, 0.1) is 20.8 Å². The molecule has 0 aliphatic carbocycles. The van der Waals surface area contributed by atoms with E-state index >= 15 is 0 Å². The first-order valence-corrected chi connectivity index (χ1v) is 7.21. The van der Waals surface area contributed by atoms with Crippen molar-refractivity contribution in [3.8, 4) is 0 Å². The molecule has 0 heterocycles. The van der Waals surface area contributed by atoms with Crippen molar-refractivity contribution in [2.24, 2.45) is 0 Å². The van der Waals surface area contributed by atoms with Crippen LogP contribution in [0.5, 0.6) is 0 Å². The maximum atomic E-state index is 12.1. The lowest BCUT2D eigenvalue weighted by Gasteiger charge is -2.13. The van der Waals surface area contributed by atoms with E-state index in [1.54, 1.807) is 0 Å². The average molecular weight is 303 g/mol. The van der Waals surface area contributed by atoms with Crippen LogP contribution in [0.2, 0.25) is 5.02 Å². The maximum absolute atomic E-state index is 12.1. The molecule has 0 radical (unpaired) electrons. The van der Waals surface area contributed by atoms with Crippen LogP contribution < -0.4 is 10.6 Å². The van der Waals surface area contributed by atoms with Gasteiger partial charge in [0.25, 0.3) is 0 Å². The Morgan fingerprint density at radius 2 is 1.71 bits per heavy atom. The number of benzene rings is 2. The fourth-order valence-electron chi connectivity index (χ4n) is 2.16. The molecule has 0 atom stereocenters. The minimum Gasteiger partial charge on any atom is -0.376 e. The summed E-state index contributed by atoms with van der Waals surface area (Å²) < 4.78 is 0. The molecule has 0 aliphatic heterocycles. The van der Waals surface area contributed by atoms with E-state index in [0.29, 0.717) is 5.02 Å². The summed E-state index contributed by atoms with van der Waals surface area (Å²) in [6.45, 7) is 6.14. The Morgan fingerprint density at radius 3 is 2.38 bits per heavy atom. The number of rotatable bonds is 4. The molecule has 0 fully saturated rings. The number of halogens is 1. The first kappa shape index (κ1) is 15.4. The molecule has 0 bridgehead atoms. The van der Waals surface area contributed by atoms with Crippen LogP contribution in [0.4, 0.5) is 11.4 Å². The third-order valence-corrected chi connectivity index (χ3v) is 3.62. The van der Waals surface area contributed by atoms with Gasteiger partial charge in [0.2, 0.25) is 5.91 Å². The zero-order chi connectivity index (χ0) is 15.4. The number of carbonyl (C=O) groups is 1. The van der Waals surface area contributed by atoms with Gasteiger partial charge in [0, 0.05) is 16.4 Å². The van der Waals surface area contributed by atoms with Crippen molar-refractivity contribution < 1.29 is 4.79 Å². The van der Waals surface area contributed by atoms with Gasteiger partial charge in [-0.05, 0) is 49.6 Å². The van der Waals surface area contributed by atoms with Crippen LogP contribution in [0.15, 0.2) is 36.4 Å². The molecule has 2 aromatic carbocycles. The second-order valence-electron chi connectivity index (χ2n) is 5.13. The van der Waals surface area contributed by atoms with E-state index in [2.05, 4.69) is 10.6 Å². The largest absolute Gasteiger partial charge is 0.376 e. The summed E-state index contributed by atoms with van der Waals surface area (Å²) >= 11 is 5.96. The highest BCUT2D eigenvalue weighted by atomic mass is 35.5. The molecule has 0 saturated carbocycles. The minimum absolute atomic E-state index is 0.0771. The van der Waals surface area contributed by atoms with Crippen molar-refractivity contribution >= 4 is 28.9 Å². The van der Waals surface area contributed by atoms with Gasteiger partial charge >= 0.3 is 0 Å². The van der Waals surface area contributed by atoms with Crippen molar-refractivity contribution in [3.63, 3.8) is 0 Å². The molecule has 3 nitrogen and oxygen atoms in total. The van der Waals surface area contributed by atoms with Gasteiger partial charge in [-0.3, -0.25) is 4.79 Å². The van der Waals surface area contributed by atoms with Gasteiger partial charge in [-0.2, -0.15) is 0 Å². The highest BCUT2D eigenvalue weighted by Gasteiger charge is 2.08. The predicted octanol–water partition coefficient (Wildman–Crippen LogP) is 4.32. The van der Waals surface area contributed by atoms with Crippen LogP contribution >= 0.6 is 11.6 Å². The Morgan fingerprint density at radius 1 is 1.05 bits per heavy atom. The van der Waals surface area contributed by atoms with Gasteiger partial charge in [-0.15, -0.1) is 0 Å². The monoisotopic (exact) mass is 302 g/mol. The van der Waals surface area contributed by atoms with Crippen LogP contribution in [0.25, 0.3) is 0 Å². The zero-order valence-corrected chi connectivity index (χ0v) is 13.2. The topological polar surface area (TPSA) is 41.1 Å². The molecule has 0 spiro atoms. The predicted molar refractivity (Wildman–Crippen MR) is 89.2 cm³/mol. The van der Waals surface area contributed by atoms with Gasteiger partial charge in [0.1, 0.15) is 0 Å². The third kappa shape index (κ3) is 3.99. The molecule has 0 unspecified atom stereocenters. The molecule has 0 aromatic heterocycles. The highest BCUT2D eigenvalue weighted by Crippen LogP contribution is 2.21. The number of nitrogens with one attached hydrogen (secondary N) is 2. The van der Waals surface area contributed by atoms with E-state index in [0.717, 1.165) is 28.1 Å². The second kappa shape index (κ2) is 6.64. The molecule has 0 aliphatic rings. The lowest BCUT2D eigenvalue weighted by atomic mass is 10.1. The fraction of sp³-hybridized carbons (Fsp3) is 0.235. The first-order chi connectivity index (χ1) is 9.97.